The molecule has 1 saturated carbocycles. The minimum Gasteiger partial charge on any atom is -0.419 e. The molecule has 1 aliphatic rings. The van der Waals surface area contributed by atoms with E-state index in [0.717, 1.165) is 24.3 Å². The van der Waals surface area contributed by atoms with Crippen LogP contribution in [0.2, 0.25) is 0 Å². The Hall–Kier alpha value is -1.73. The maximum Gasteiger partial charge on any atom is 0.257 e. The van der Waals surface area contributed by atoms with Crippen molar-refractivity contribution >= 4 is 17.2 Å². The van der Waals surface area contributed by atoms with Crippen molar-refractivity contribution < 1.29 is 9.21 Å². The van der Waals surface area contributed by atoms with Crippen LogP contribution in [0.25, 0.3) is 10.8 Å². The minimum absolute atomic E-state index is 0.0928. The standard InChI is InChI=1S/C19H28N4O2S/c1-3-10-23(12-17(24)20-15-8-5-4-7-14(15)2)13-18-21-22-19(25-18)16-9-6-11-26-16/h6,9,11,14-15H,3-5,7-8,10,12-13H2,1-2H3,(H,20,24)/t14-,15+/m0/s1. The van der Waals surface area contributed by atoms with E-state index in [-0.39, 0.29) is 5.91 Å². The summed E-state index contributed by atoms with van der Waals surface area (Å²) in [4.78, 5) is 15.6. The predicted octanol–water partition coefficient (Wildman–Crippen LogP) is 3.71. The molecule has 0 saturated heterocycles. The third kappa shape index (κ3) is 5.14. The Kier molecular flexibility index (Phi) is 6.80. The van der Waals surface area contributed by atoms with Crippen LogP contribution in [0, 0.1) is 5.92 Å². The summed E-state index contributed by atoms with van der Waals surface area (Å²) in [5.74, 6) is 1.76. The van der Waals surface area contributed by atoms with Crippen molar-refractivity contribution in [1.82, 2.24) is 20.4 Å². The van der Waals surface area contributed by atoms with Crippen LogP contribution in [0.15, 0.2) is 21.9 Å². The van der Waals surface area contributed by atoms with Gasteiger partial charge in [-0.25, -0.2) is 0 Å². The van der Waals surface area contributed by atoms with E-state index in [1.165, 1.54) is 19.3 Å². The number of rotatable bonds is 8. The average Bonchev–Trinajstić information content (AvgIpc) is 3.28. The van der Waals surface area contributed by atoms with Gasteiger partial charge in [-0.1, -0.05) is 32.8 Å². The first-order valence-corrected chi connectivity index (χ1v) is 10.4. The smallest absolute Gasteiger partial charge is 0.257 e. The lowest BCUT2D eigenvalue weighted by atomic mass is 9.86. The molecular weight excluding hydrogens is 348 g/mol. The van der Waals surface area contributed by atoms with Crippen molar-refractivity contribution in [2.24, 2.45) is 5.92 Å². The fourth-order valence-corrected chi connectivity index (χ4v) is 4.17. The van der Waals surface area contributed by atoms with E-state index < -0.39 is 0 Å². The fraction of sp³-hybridized carbons (Fsp3) is 0.632. The Morgan fingerprint density at radius 3 is 2.96 bits per heavy atom. The van der Waals surface area contributed by atoms with Crippen molar-refractivity contribution in [2.45, 2.75) is 58.5 Å². The van der Waals surface area contributed by atoms with E-state index in [1.807, 2.05) is 17.5 Å². The number of carbonyl (C=O) groups is 1. The van der Waals surface area contributed by atoms with Crippen LogP contribution >= 0.6 is 11.3 Å². The summed E-state index contributed by atoms with van der Waals surface area (Å²) in [5.41, 5.74) is 0. The number of amides is 1. The lowest BCUT2D eigenvalue weighted by Gasteiger charge is -2.30. The normalized spacial score (nSPS) is 20.4. The molecule has 142 valence electrons. The molecule has 3 rings (SSSR count). The van der Waals surface area contributed by atoms with Gasteiger partial charge in [0.1, 0.15) is 0 Å². The quantitative estimate of drug-likeness (QED) is 0.760. The molecule has 7 heteroatoms. The highest BCUT2D eigenvalue weighted by Crippen LogP contribution is 2.24. The highest BCUT2D eigenvalue weighted by atomic mass is 32.1. The molecule has 0 spiro atoms. The number of carbonyl (C=O) groups excluding carboxylic acids is 1. The van der Waals surface area contributed by atoms with Crippen molar-refractivity contribution in [2.75, 3.05) is 13.1 Å². The first kappa shape index (κ1) is 19.0. The van der Waals surface area contributed by atoms with Crippen LogP contribution in [-0.4, -0.2) is 40.1 Å². The first-order valence-electron chi connectivity index (χ1n) is 9.53. The van der Waals surface area contributed by atoms with E-state index >= 15 is 0 Å². The first-order chi connectivity index (χ1) is 12.7. The average molecular weight is 377 g/mol. The largest absolute Gasteiger partial charge is 0.419 e. The monoisotopic (exact) mass is 376 g/mol. The van der Waals surface area contributed by atoms with E-state index in [9.17, 15) is 4.79 Å². The molecule has 0 bridgehead atoms. The Labute approximate surface area is 159 Å². The highest BCUT2D eigenvalue weighted by Gasteiger charge is 2.24. The Balaban J connectivity index is 1.55. The van der Waals surface area contributed by atoms with Crippen LogP contribution in [0.4, 0.5) is 0 Å². The van der Waals surface area contributed by atoms with Gasteiger partial charge in [-0.3, -0.25) is 9.69 Å². The number of nitrogens with zero attached hydrogens (tertiary/aromatic N) is 3. The van der Waals surface area contributed by atoms with Gasteiger partial charge in [0.2, 0.25) is 11.8 Å². The molecule has 2 aromatic heterocycles. The zero-order valence-electron chi connectivity index (χ0n) is 15.6. The van der Waals surface area contributed by atoms with E-state index in [2.05, 4.69) is 34.3 Å². The summed E-state index contributed by atoms with van der Waals surface area (Å²) in [6.45, 7) is 6.04. The van der Waals surface area contributed by atoms with Crippen molar-refractivity contribution in [1.29, 1.82) is 0 Å². The van der Waals surface area contributed by atoms with Gasteiger partial charge in [0.15, 0.2) is 0 Å². The maximum atomic E-state index is 12.5. The van der Waals surface area contributed by atoms with Gasteiger partial charge in [0.25, 0.3) is 5.89 Å². The van der Waals surface area contributed by atoms with Crippen molar-refractivity contribution in [3.05, 3.63) is 23.4 Å². The Morgan fingerprint density at radius 2 is 2.23 bits per heavy atom. The molecule has 1 amide bonds. The van der Waals surface area contributed by atoms with Gasteiger partial charge in [0.05, 0.1) is 18.0 Å². The summed E-state index contributed by atoms with van der Waals surface area (Å²) in [5, 5.41) is 13.5. The Bertz CT molecular complexity index is 686. The summed E-state index contributed by atoms with van der Waals surface area (Å²) >= 11 is 1.57. The lowest BCUT2D eigenvalue weighted by Crippen LogP contribution is -2.45. The molecule has 1 aliphatic carbocycles. The van der Waals surface area contributed by atoms with Crippen LogP contribution in [0.5, 0.6) is 0 Å². The van der Waals surface area contributed by atoms with E-state index in [4.69, 9.17) is 4.42 Å². The van der Waals surface area contributed by atoms with Gasteiger partial charge < -0.3 is 9.73 Å². The second-order valence-electron chi connectivity index (χ2n) is 7.12. The summed E-state index contributed by atoms with van der Waals surface area (Å²) < 4.78 is 5.77. The predicted molar refractivity (Wildman–Crippen MR) is 103 cm³/mol. The number of aromatic nitrogens is 2. The number of hydrogen-bond donors (Lipinski definition) is 1. The number of hydrogen-bond acceptors (Lipinski definition) is 6. The third-order valence-electron chi connectivity index (χ3n) is 4.92. The van der Waals surface area contributed by atoms with Crippen LogP contribution < -0.4 is 5.32 Å². The van der Waals surface area contributed by atoms with Gasteiger partial charge in [-0.05, 0) is 43.2 Å². The second-order valence-corrected chi connectivity index (χ2v) is 8.07. The Morgan fingerprint density at radius 1 is 1.38 bits per heavy atom. The van der Waals surface area contributed by atoms with Gasteiger partial charge in [-0.15, -0.1) is 21.5 Å². The highest BCUT2D eigenvalue weighted by molar-refractivity contribution is 7.13. The van der Waals surface area contributed by atoms with Crippen LogP contribution in [0.1, 0.15) is 51.8 Å². The molecule has 2 atom stereocenters. The summed E-state index contributed by atoms with van der Waals surface area (Å²) in [7, 11) is 0. The van der Waals surface area contributed by atoms with Gasteiger partial charge >= 0.3 is 0 Å². The lowest BCUT2D eigenvalue weighted by molar-refractivity contribution is -0.123. The molecule has 2 aromatic rings. The molecule has 1 N–H and O–H groups in total. The maximum absolute atomic E-state index is 12.5. The molecule has 2 heterocycles. The van der Waals surface area contributed by atoms with Crippen molar-refractivity contribution in [3.63, 3.8) is 0 Å². The molecule has 6 nitrogen and oxygen atoms in total. The molecule has 0 aliphatic heterocycles. The van der Waals surface area contributed by atoms with E-state index in [0.29, 0.717) is 36.8 Å². The zero-order valence-corrected chi connectivity index (χ0v) is 16.4. The molecule has 0 unspecified atom stereocenters. The number of nitrogens with one attached hydrogen (secondary N) is 1. The second kappa shape index (κ2) is 9.28. The minimum atomic E-state index is 0.0928. The fourth-order valence-electron chi connectivity index (χ4n) is 3.53. The van der Waals surface area contributed by atoms with Crippen LogP contribution in [0.3, 0.4) is 0 Å². The zero-order chi connectivity index (χ0) is 18.4. The number of thiophene rings is 1. The summed E-state index contributed by atoms with van der Waals surface area (Å²) in [6, 6.07) is 4.24. The van der Waals surface area contributed by atoms with Crippen LogP contribution in [-0.2, 0) is 11.3 Å². The van der Waals surface area contributed by atoms with Gasteiger partial charge in [0, 0.05) is 6.04 Å². The molecule has 26 heavy (non-hydrogen) atoms. The topological polar surface area (TPSA) is 71.3 Å². The molecule has 0 radical (unpaired) electrons. The summed E-state index contributed by atoms with van der Waals surface area (Å²) in [6.07, 6.45) is 5.76. The van der Waals surface area contributed by atoms with Crippen molar-refractivity contribution in [3.8, 4) is 10.8 Å². The third-order valence-corrected chi connectivity index (χ3v) is 5.78. The SMILES string of the molecule is CCCN(CC(=O)N[C@@H]1CCCC[C@@H]1C)Cc1nnc(-c2cccs2)o1. The van der Waals surface area contributed by atoms with E-state index in [1.54, 1.807) is 11.3 Å². The molecule has 0 aromatic carbocycles. The molecule has 1 fully saturated rings. The molecular formula is C19H28N4O2S. The van der Waals surface area contributed by atoms with Gasteiger partial charge in [-0.2, -0.15) is 0 Å².